The normalized spacial score (nSPS) is 12.4. The van der Waals surface area contributed by atoms with Crippen molar-refractivity contribution in [3.63, 3.8) is 0 Å². The SMILES string of the molecule is Cc1cccc(CSc2nnc(C(Cc3ccccc3)NC(=O)C(C)(C)C)n2-c2cc(Cl)ccc2C)c1. The van der Waals surface area contributed by atoms with Crippen LogP contribution in [0.2, 0.25) is 5.02 Å². The number of nitrogens with one attached hydrogen (secondary N) is 1. The first-order valence-corrected chi connectivity index (χ1v) is 13.7. The third kappa shape index (κ3) is 6.82. The fourth-order valence-electron chi connectivity index (χ4n) is 4.03. The fraction of sp³-hybridized carbons (Fsp3) is 0.300. The van der Waals surface area contributed by atoms with E-state index >= 15 is 0 Å². The van der Waals surface area contributed by atoms with Crippen molar-refractivity contribution in [3.8, 4) is 5.69 Å². The number of nitrogens with zero attached hydrogens (tertiary/aromatic N) is 3. The maximum absolute atomic E-state index is 13.2. The minimum atomic E-state index is -0.547. The van der Waals surface area contributed by atoms with E-state index in [1.54, 1.807) is 11.8 Å². The zero-order valence-corrected chi connectivity index (χ0v) is 23.5. The molecule has 1 unspecified atom stereocenters. The van der Waals surface area contributed by atoms with Crippen molar-refractivity contribution < 1.29 is 4.79 Å². The van der Waals surface area contributed by atoms with Crippen molar-refractivity contribution in [1.29, 1.82) is 0 Å². The Kier molecular flexibility index (Phi) is 8.40. The van der Waals surface area contributed by atoms with Crippen LogP contribution in [-0.2, 0) is 17.0 Å². The van der Waals surface area contributed by atoms with Gasteiger partial charge in [0.05, 0.1) is 11.7 Å². The molecule has 7 heteroatoms. The number of rotatable bonds is 8. The molecule has 0 spiro atoms. The second-order valence-corrected chi connectivity index (χ2v) is 11.7. The molecule has 3 aromatic carbocycles. The van der Waals surface area contributed by atoms with Gasteiger partial charge in [-0.05, 0) is 49.1 Å². The van der Waals surface area contributed by atoms with Gasteiger partial charge < -0.3 is 5.32 Å². The molecule has 0 fully saturated rings. The van der Waals surface area contributed by atoms with Crippen LogP contribution in [-0.4, -0.2) is 20.7 Å². The molecule has 4 rings (SSSR count). The van der Waals surface area contributed by atoms with Gasteiger partial charge in [0.15, 0.2) is 11.0 Å². The topological polar surface area (TPSA) is 59.8 Å². The molecular formula is C30H33ClN4OS. The number of hydrogen-bond acceptors (Lipinski definition) is 4. The van der Waals surface area contributed by atoms with Gasteiger partial charge in [0.25, 0.3) is 0 Å². The van der Waals surface area contributed by atoms with Crippen molar-refractivity contribution in [2.45, 2.75) is 58.0 Å². The summed E-state index contributed by atoms with van der Waals surface area (Å²) in [5.74, 6) is 1.38. The van der Waals surface area contributed by atoms with Crippen LogP contribution in [0.5, 0.6) is 0 Å². The van der Waals surface area contributed by atoms with Gasteiger partial charge in [0.2, 0.25) is 5.91 Å². The Bertz CT molecular complexity index is 1380. The van der Waals surface area contributed by atoms with Gasteiger partial charge in [-0.3, -0.25) is 9.36 Å². The van der Waals surface area contributed by atoms with E-state index < -0.39 is 5.41 Å². The minimum absolute atomic E-state index is 0.0419. The average molecular weight is 533 g/mol. The second kappa shape index (κ2) is 11.5. The summed E-state index contributed by atoms with van der Waals surface area (Å²) in [6.45, 7) is 9.88. The van der Waals surface area contributed by atoms with Crippen molar-refractivity contribution in [2.75, 3.05) is 0 Å². The average Bonchev–Trinajstić information content (AvgIpc) is 3.27. The third-order valence-electron chi connectivity index (χ3n) is 6.10. The maximum Gasteiger partial charge on any atom is 0.225 e. The number of amides is 1. The fourth-order valence-corrected chi connectivity index (χ4v) is 5.09. The van der Waals surface area contributed by atoms with E-state index in [-0.39, 0.29) is 11.9 Å². The Labute approximate surface area is 228 Å². The molecule has 4 aromatic rings. The first-order chi connectivity index (χ1) is 17.6. The molecule has 0 aliphatic carbocycles. The molecule has 192 valence electrons. The van der Waals surface area contributed by atoms with E-state index in [2.05, 4.69) is 63.4 Å². The maximum atomic E-state index is 13.2. The molecule has 1 N–H and O–H groups in total. The van der Waals surface area contributed by atoms with Crippen molar-refractivity contribution in [1.82, 2.24) is 20.1 Å². The van der Waals surface area contributed by atoms with Gasteiger partial charge in [-0.15, -0.1) is 10.2 Å². The van der Waals surface area contributed by atoms with E-state index in [0.717, 1.165) is 27.7 Å². The quantitative estimate of drug-likeness (QED) is 0.242. The van der Waals surface area contributed by atoms with E-state index in [9.17, 15) is 4.79 Å². The van der Waals surface area contributed by atoms with Gasteiger partial charge in [-0.25, -0.2) is 0 Å². The molecule has 1 heterocycles. The van der Waals surface area contributed by atoms with Gasteiger partial charge in [-0.1, -0.05) is 110 Å². The van der Waals surface area contributed by atoms with Gasteiger partial charge >= 0.3 is 0 Å². The molecule has 0 radical (unpaired) electrons. The van der Waals surface area contributed by atoms with Crippen molar-refractivity contribution in [2.24, 2.45) is 5.41 Å². The summed E-state index contributed by atoms with van der Waals surface area (Å²) < 4.78 is 2.05. The van der Waals surface area contributed by atoms with E-state index in [1.165, 1.54) is 11.1 Å². The number of hydrogen-bond donors (Lipinski definition) is 1. The Morgan fingerprint density at radius 3 is 2.41 bits per heavy atom. The van der Waals surface area contributed by atoms with Crippen molar-refractivity contribution >= 4 is 29.3 Å². The summed E-state index contributed by atoms with van der Waals surface area (Å²) in [6.07, 6.45) is 0.586. The lowest BCUT2D eigenvalue weighted by atomic mass is 9.94. The van der Waals surface area contributed by atoms with Crippen LogP contribution in [0.3, 0.4) is 0 Å². The highest BCUT2D eigenvalue weighted by atomic mass is 35.5. The Morgan fingerprint density at radius 1 is 0.973 bits per heavy atom. The van der Waals surface area contributed by atoms with Crippen LogP contribution in [0, 0.1) is 19.3 Å². The number of halogens is 1. The van der Waals surface area contributed by atoms with Gasteiger partial charge in [0, 0.05) is 16.2 Å². The highest BCUT2D eigenvalue weighted by Gasteiger charge is 2.29. The Balaban J connectivity index is 1.80. The summed E-state index contributed by atoms with van der Waals surface area (Å²) in [5, 5.41) is 13.9. The predicted octanol–water partition coefficient (Wildman–Crippen LogP) is 7.28. The summed E-state index contributed by atoms with van der Waals surface area (Å²) in [4.78, 5) is 13.2. The van der Waals surface area contributed by atoms with Crippen LogP contribution < -0.4 is 5.32 Å². The number of benzene rings is 3. The van der Waals surface area contributed by atoms with Crippen LogP contribution in [0.15, 0.2) is 78.0 Å². The Hall–Kier alpha value is -3.09. The zero-order valence-electron chi connectivity index (χ0n) is 22.0. The van der Waals surface area contributed by atoms with Crippen LogP contribution in [0.25, 0.3) is 5.69 Å². The first kappa shape index (κ1) is 27.0. The molecule has 0 aliphatic rings. The molecule has 37 heavy (non-hydrogen) atoms. The highest BCUT2D eigenvalue weighted by molar-refractivity contribution is 7.98. The summed E-state index contributed by atoms with van der Waals surface area (Å²) in [5.41, 5.74) is 4.94. The number of aromatic nitrogens is 3. The molecule has 0 saturated heterocycles. The number of aryl methyl sites for hydroxylation is 2. The molecule has 0 bridgehead atoms. The zero-order chi connectivity index (χ0) is 26.6. The Morgan fingerprint density at radius 2 is 1.70 bits per heavy atom. The largest absolute Gasteiger partial charge is 0.345 e. The molecule has 5 nitrogen and oxygen atoms in total. The third-order valence-corrected chi connectivity index (χ3v) is 7.34. The first-order valence-electron chi connectivity index (χ1n) is 12.4. The predicted molar refractivity (Wildman–Crippen MR) is 152 cm³/mol. The van der Waals surface area contributed by atoms with Gasteiger partial charge in [-0.2, -0.15) is 0 Å². The molecule has 0 aliphatic heterocycles. The number of thioether (sulfide) groups is 1. The van der Waals surface area contributed by atoms with E-state index in [0.29, 0.717) is 17.3 Å². The van der Waals surface area contributed by atoms with Gasteiger partial charge in [0.1, 0.15) is 0 Å². The monoisotopic (exact) mass is 532 g/mol. The molecule has 0 saturated carbocycles. The molecule has 1 amide bonds. The standard InChI is InChI=1S/C30H33ClN4OS/c1-20-10-9-13-23(16-20)19-37-29-34-33-27(35(29)26-18-24(31)15-14-21(26)2)25(32-28(36)30(3,4)5)17-22-11-7-6-8-12-22/h6-16,18,25H,17,19H2,1-5H3,(H,32,36). The lowest BCUT2D eigenvalue weighted by Gasteiger charge is -2.25. The number of carbonyl (C=O) groups excluding carboxylic acids is 1. The second-order valence-electron chi connectivity index (χ2n) is 10.4. The highest BCUT2D eigenvalue weighted by Crippen LogP contribution is 2.32. The molecule has 1 aromatic heterocycles. The summed E-state index contributed by atoms with van der Waals surface area (Å²) in [7, 11) is 0. The summed E-state index contributed by atoms with van der Waals surface area (Å²) >= 11 is 8.07. The molecular weight excluding hydrogens is 500 g/mol. The smallest absolute Gasteiger partial charge is 0.225 e. The van der Waals surface area contributed by atoms with Crippen LogP contribution >= 0.6 is 23.4 Å². The lowest BCUT2D eigenvalue weighted by molar-refractivity contribution is -0.129. The van der Waals surface area contributed by atoms with Crippen molar-refractivity contribution in [3.05, 3.63) is 106 Å². The molecule has 1 atom stereocenters. The van der Waals surface area contributed by atoms with Crippen LogP contribution in [0.1, 0.15) is 54.9 Å². The minimum Gasteiger partial charge on any atom is -0.345 e. The number of carbonyl (C=O) groups is 1. The van der Waals surface area contributed by atoms with E-state index in [4.69, 9.17) is 11.6 Å². The van der Waals surface area contributed by atoms with E-state index in [1.807, 2.05) is 64.1 Å². The lowest BCUT2D eigenvalue weighted by Crippen LogP contribution is -2.39. The van der Waals surface area contributed by atoms with Crippen LogP contribution in [0.4, 0.5) is 0 Å². The summed E-state index contributed by atoms with van der Waals surface area (Å²) in [6, 6.07) is 24.0.